The van der Waals surface area contributed by atoms with E-state index in [9.17, 15) is 0 Å². The Bertz CT molecular complexity index is 200. The van der Waals surface area contributed by atoms with E-state index in [0.29, 0.717) is 0 Å². The summed E-state index contributed by atoms with van der Waals surface area (Å²) in [7, 11) is 0. The van der Waals surface area contributed by atoms with Crippen LogP contribution in [0.1, 0.15) is 58.8 Å². The van der Waals surface area contributed by atoms with Crippen LogP contribution in [0.2, 0.25) is 0 Å². The highest BCUT2D eigenvalue weighted by Crippen LogP contribution is 2.28. The van der Waals surface area contributed by atoms with Crippen molar-refractivity contribution in [1.29, 1.82) is 0 Å². The first-order valence-electron chi connectivity index (χ1n) is 7.39. The van der Waals surface area contributed by atoms with Crippen LogP contribution in [0.3, 0.4) is 0 Å². The van der Waals surface area contributed by atoms with Gasteiger partial charge < -0.3 is 10.6 Å². The second-order valence-electron chi connectivity index (χ2n) is 4.94. The summed E-state index contributed by atoms with van der Waals surface area (Å²) in [6.45, 7) is 7.05. The van der Waals surface area contributed by atoms with Crippen LogP contribution >= 0.6 is 0 Å². The van der Waals surface area contributed by atoms with Gasteiger partial charge in [-0.15, -0.1) is 0 Å². The summed E-state index contributed by atoms with van der Waals surface area (Å²) in [4.78, 5) is 4.56. The molecule has 0 aromatic heterocycles. The second-order valence-corrected chi connectivity index (χ2v) is 4.94. The summed E-state index contributed by atoms with van der Waals surface area (Å²) in [5.74, 6) is 2.00. The third-order valence-electron chi connectivity index (χ3n) is 3.45. The van der Waals surface area contributed by atoms with Crippen molar-refractivity contribution in [3.63, 3.8) is 0 Å². The van der Waals surface area contributed by atoms with Crippen molar-refractivity contribution < 1.29 is 0 Å². The number of guanidine groups is 1. The van der Waals surface area contributed by atoms with Gasteiger partial charge in [0.05, 0.1) is 0 Å². The number of hydrogen-bond donors (Lipinski definition) is 2. The van der Waals surface area contributed by atoms with Crippen molar-refractivity contribution in [1.82, 2.24) is 10.6 Å². The van der Waals surface area contributed by atoms with Gasteiger partial charge in [0.15, 0.2) is 5.96 Å². The highest BCUT2D eigenvalue weighted by molar-refractivity contribution is 5.79. The fourth-order valence-electron chi connectivity index (χ4n) is 2.54. The van der Waals surface area contributed by atoms with Crippen molar-refractivity contribution >= 4 is 5.96 Å². The lowest BCUT2D eigenvalue weighted by atomic mass is 10.0. The van der Waals surface area contributed by atoms with Crippen LogP contribution in [-0.2, 0) is 0 Å². The quantitative estimate of drug-likeness (QED) is 0.407. The van der Waals surface area contributed by atoms with Crippen LogP contribution in [0.25, 0.3) is 0 Å². The summed E-state index contributed by atoms with van der Waals surface area (Å²) in [5, 5.41) is 6.51. The van der Waals surface area contributed by atoms with E-state index in [2.05, 4.69) is 29.5 Å². The first-order chi connectivity index (χ1) is 8.36. The lowest BCUT2D eigenvalue weighted by molar-refractivity contribution is 0.475. The summed E-state index contributed by atoms with van der Waals surface area (Å²) < 4.78 is 0. The minimum Gasteiger partial charge on any atom is -0.357 e. The van der Waals surface area contributed by atoms with Gasteiger partial charge in [0.25, 0.3) is 0 Å². The Kier molecular flexibility index (Phi) is 7.85. The fourth-order valence-corrected chi connectivity index (χ4v) is 2.54. The average Bonchev–Trinajstić information content (AvgIpc) is 2.82. The smallest absolute Gasteiger partial charge is 0.191 e. The molecule has 1 fully saturated rings. The molecule has 0 aromatic carbocycles. The predicted molar refractivity (Wildman–Crippen MR) is 75.5 cm³/mol. The van der Waals surface area contributed by atoms with Gasteiger partial charge in [-0.25, -0.2) is 0 Å². The molecule has 1 aliphatic carbocycles. The van der Waals surface area contributed by atoms with E-state index in [4.69, 9.17) is 0 Å². The molecule has 3 heteroatoms. The van der Waals surface area contributed by atoms with Crippen molar-refractivity contribution in [2.45, 2.75) is 58.8 Å². The Morgan fingerprint density at radius 3 is 2.29 bits per heavy atom. The number of aliphatic imine (C=N–C) groups is 1. The first-order valence-corrected chi connectivity index (χ1v) is 7.39. The van der Waals surface area contributed by atoms with Crippen molar-refractivity contribution in [3.05, 3.63) is 0 Å². The summed E-state index contributed by atoms with van der Waals surface area (Å²) in [6.07, 6.45) is 9.89. The molecule has 1 aliphatic rings. The van der Waals surface area contributed by atoms with Crippen LogP contribution in [0, 0.1) is 5.92 Å². The van der Waals surface area contributed by atoms with Gasteiger partial charge >= 0.3 is 0 Å². The lowest BCUT2D eigenvalue weighted by Gasteiger charge is -2.10. The minimum atomic E-state index is 0.938. The molecule has 1 rings (SSSR count). The monoisotopic (exact) mass is 239 g/mol. The molecule has 0 amide bonds. The van der Waals surface area contributed by atoms with E-state index in [1.54, 1.807) is 0 Å². The van der Waals surface area contributed by atoms with Crippen LogP contribution in [0.4, 0.5) is 0 Å². The number of unbranched alkanes of at least 4 members (excludes halogenated alkanes) is 1. The van der Waals surface area contributed by atoms with E-state index in [1.807, 2.05) is 0 Å². The normalized spacial score (nSPS) is 15.9. The zero-order valence-corrected chi connectivity index (χ0v) is 11.6. The average molecular weight is 239 g/mol. The maximum absolute atomic E-state index is 4.56. The van der Waals surface area contributed by atoms with Gasteiger partial charge in [0, 0.05) is 19.6 Å². The van der Waals surface area contributed by atoms with E-state index in [0.717, 1.165) is 31.5 Å². The van der Waals surface area contributed by atoms with E-state index in [-0.39, 0.29) is 0 Å². The molecule has 1 saturated carbocycles. The van der Waals surface area contributed by atoms with Crippen LogP contribution in [0.15, 0.2) is 4.99 Å². The Morgan fingerprint density at radius 1 is 1.06 bits per heavy atom. The van der Waals surface area contributed by atoms with Crippen molar-refractivity contribution in [3.8, 4) is 0 Å². The zero-order valence-electron chi connectivity index (χ0n) is 11.6. The standard InChI is InChI=1S/C14H29N3/c1-3-15-14(16-4-2)17-12-8-7-11-13-9-5-6-10-13/h13H,3-12H2,1-2H3,(H2,15,16,17). The number of hydrogen-bond acceptors (Lipinski definition) is 1. The molecular weight excluding hydrogens is 210 g/mol. The fraction of sp³-hybridized carbons (Fsp3) is 0.929. The summed E-state index contributed by atoms with van der Waals surface area (Å²) >= 11 is 0. The van der Waals surface area contributed by atoms with Gasteiger partial charge in [-0.05, 0) is 26.2 Å². The van der Waals surface area contributed by atoms with Gasteiger partial charge in [-0.2, -0.15) is 0 Å². The molecule has 0 heterocycles. The molecule has 17 heavy (non-hydrogen) atoms. The van der Waals surface area contributed by atoms with Gasteiger partial charge in [-0.3, -0.25) is 4.99 Å². The molecule has 0 saturated heterocycles. The second kappa shape index (κ2) is 9.32. The Balaban J connectivity index is 2.05. The molecule has 2 N–H and O–H groups in total. The molecule has 0 radical (unpaired) electrons. The molecular formula is C14H29N3. The molecule has 0 atom stereocenters. The van der Waals surface area contributed by atoms with Gasteiger partial charge in [0.1, 0.15) is 0 Å². The molecule has 0 aromatic rings. The summed E-state index contributed by atoms with van der Waals surface area (Å²) in [5.41, 5.74) is 0. The number of rotatable bonds is 7. The highest BCUT2D eigenvalue weighted by Gasteiger charge is 2.13. The van der Waals surface area contributed by atoms with E-state index < -0.39 is 0 Å². The predicted octanol–water partition coefficient (Wildman–Crippen LogP) is 2.92. The number of nitrogens with zero attached hydrogens (tertiary/aromatic N) is 1. The van der Waals surface area contributed by atoms with Crippen LogP contribution < -0.4 is 10.6 Å². The largest absolute Gasteiger partial charge is 0.357 e. The van der Waals surface area contributed by atoms with E-state index >= 15 is 0 Å². The Morgan fingerprint density at radius 2 is 1.71 bits per heavy atom. The molecule has 100 valence electrons. The highest BCUT2D eigenvalue weighted by atomic mass is 15.2. The lowest BCUT2D eigenvalue weighted by Crippen LogP contribution is -2.37. The maximum atomic E-state index is 4.56. The van der Waals surface area contributed by atoms with Crippen LogP contribution in [-0.4, -0.2) is 25.6 Å². The maximum Gasteiger partial charge on any atom is 0.191 e. The van der Waals surface area contributed by atoms with Gasteiger partial charge in [0.2, 0.25) is 0 Å². The van der Waals surface area contributed by atoms with E-state index in [1.165, 1.54) is 44.9 Å². The molecule has 0 unspecified atom stereocenters. The third kappa shape index (κ3) is 6.54. The molecule has 0 spiro atoms. The van der Waals surface area contributed by atoms with Crippen molar-refractivity contribution in [2.75, 3.05) is 19.6 Å². The van der Waals surface area contributed by atoms with Crippen molar-refractivity contribution in [2.24, 2.45) is 10.9 Å². The SMILES string of the molecule is CCNC(=NCCCCC1CCCC1)NCC. The van der Waals surface area contributed by atoms with Gasteiger partial charge in [-0.1, -0.05) is 38.5 Å². The zero-order chi connectivity index (χ0) is 12.3. The topological polar surface area (TPSA) is 36.4 Å². The first kappa shape index (κ1) is 14.3. The Hall–Kier alpha value is -0.730. The number of nitrogens with one attached hydrogen (secondary N) is 2. The van der Waals surface area contributed by atoms with Crippen LogP contribution in [0.5, 0.6) is 0 Å². The molecule has 0 aliphatic heterocycles. The third-order valence-corrected chi connectivity index (χ3v) is 3.45. The summed E-state index contributed by atoms with van der Waals surface area (Å²) in [6, 6.07) is 0. The molecule has 3 nitrogen and oxygen atoms in total. The minimum absolute atomic E-state index is 0.938. The molecule has 0 bridgehead atoms. The Labute approximate surface area is 106 Å².